The van der Waals surface area contributed by atoms with Crippen molar-refractivity contribution < 1.29 is 52.0 Å². The van der Waals surface area contributed by atoms with Crippen LogP contribution in [0.25, 0.3) is 0 Å². The fourth-order valence-electron chi connectivity index (χ4n) is 9.32. The molecule has 0 bridgehead atoms. The molecule has 2 amide bonds. The molecule has 0 aliphatic carbocycles. The molecule has 11 nitrogen and oxygen atoms in total. The second-order valence-corrected chi connectivity index (χ2v) is 22.1. The maximum Gasteiger partial charge on any atom is 0.415 e. The number of rotatable bonds is 18. The smallest absolute Gasteiger partial charge is 0.415 e. The number of benzene rings is 6. The van der Waals surface area contributed by atoms with Crippen LogP contribution in [0.1, 0.15) is 56.9 Å². The van der Waals surface area contributed by atoms with Gasteiger partial charge in [0.05, 0.1) is 0 Å². The number of ketones is 1. The number of likely N-dealkylation sites (tertiary alicyclic amines) is 2. The molecule has 0 radical (unpaired) electrons. The van der Waals surface area contributed by atoms with E-state index in [9.17, 15) is 24.3 Å². The lowest BCUT2D eigenvalue weighted by Crippen LogP contribution is -2.37. The summed E-state index contributed by atoms with van der Waals surface area (Å²) in [5, 5.41) is 9.30. The molecule has 2 aliphatic heterocycles. The van der Waals surface area contributed by atoms with E-state index in [2.05, 4.69) is 48.5 Å². The molecule has 2 fully saturated rings. The summed E-state index contributed by atoms with van der Waals surface area (Å²) >= 11 is 3.38. The van der Waals surface area contributed by atoms with Gasteiger partial charge in [-0.15, -0.1) is 23.5 Å². The highest BCUT2D eigenvalue weighted by atomic mass is 32.2. The molecule has 76 heavy (non-hydrogen) atoms. The number of ether oxygens (including phenoxy) is 4. The van der Waals surface area contributed by atoms with Gasteiger partial charge in [-0.1, -0.05) is 72.8 Å². The minimum Gasteiger partial charge on any atom is -0.480 e. The Balaban J connectivity index is 0.000000221. The zero-order valence-electron chi connectivity index (χ0n) is 44.0. The van der Waals surface area contributed by atoms with E-state index in [0.717, 1.165) is 18.4 Å². The van der Waals surface area contributed by atoms with Crippen molar-refractivity contribution >= 4 is 47.5 Å². The number of amides is 2. The fourth-order valence-corrected chi connectivity index (χ4v) is 10.1. The summed E-state index contributed by atoms with van der Waals surface area (Å²) in [6, 6.07) is 44.0. The Morgan fingerprint density at radius 2 is 0.868 bits per heavy atom. The summed E-state index contributed by atoms with van der Waals surface area (Å²) < 4.78 is 52.7. The number of carboxylic acid groups (broad SMARTS) is 1. The SMILES string of the molecule is CSc1ccc(C[C@@H]2CN(C(=O)Oc3ccccc3)C[C@H]2Cc2ccc(OC(C)(C)C(C)=O)cc2F)cc1.CSc1ccc(C[C@H]2CN(C(=O)Oc3ccccc3)C[C@@H]2Cc2ccc(OC(C)(C)C(=O)O)cc2F)cc1. The van der Waals surface area contributed by atoms with Crippen LogP contribution in [0.3, 0.4) is 0 Å². The van der Waals surface area contributed by atoms with Gasteiger partial charge < -0.3 is 33.9 Å². The van der Waals surface area contributed by atoms with Gasteiger partial charge in [-0.05, 0) is 179 Å². The van der Waals surface area contributed by atoms with E-state index in [0.29, 0.717) is 67.4 Å². The lowest BCUT2D eigenvalue weighted by molar-refractivity contribution is -0.152. The van der Waals surface area contributed by atoms with E-state index in [4.69, 9.17) is 18.9 Å². The molecule has 0 unspecified atom stereocenters. The van der Waals surface area contributed by atoms with Crippen LogP contribution >= 0.6 is 23.5 Å². The first-order valence-electron chi connectivity index (χ1n) is 25.3. The standard InChI is InChI=1S/C31H34FNO4S.C30H32FNO5S/c1-21(34)31(2,3)37-27-13-12-23(29(32)18-27)17-25-20-33(30(35)36-26-8-6-5-7-9-26)19-24(25)16-22-10-14-28(38-4)15-11-22;1-30(2,28(33)34)37-25-12-11-21(27(31)17-25)16-23-19-32(29(35)36-24-7-5-4-6-8-24)18-22(23)15-20-9-13-26(38-3)14-10-20/h5-15,18,24-25H,16-17,19-20H2,1-4H3;4-14,17,22-23H,15-16,18-19H2,1-3H3,(H,33,34)/t24-,25-;22-,23-/m10/s1. The molecule has 2 saturated heterocycles. The largest absolute Gasteiger partial charge is 0.480 e. The molecule has 0 spiro atoms. The van der Waals surface area contributed by atoms with Gasteiger partial charge in [0.15, 0.2) is 17.0 Å². The van der Waals surface area contributed by atoms with Gasteiger partial charge in [0, 0.05) is 48.1 Å². The van der Waals surface area contributed by atoms with Crippen LogP contribution < -0.4 is 18.9 Å². The van der Waals surface area contributed by atoms with Crippen molar-refractivity contribution in [3.8, 4) is 23.0 Å². The molecule has 4 atom stereocenters. The molecule has 2 aliphatic rings. The van der Waals surface area contributed by atoms with Gasteiger partial charge in [0.25, 0.3) is 0 Å². The number of hydrogen-bond acceptors (Lipinski definition) is 10. The maximum atomic E-state index is 15.2. The topological polar surface area (TPSA) is 132 Å². The molecule has 2 heterocycles. The average Bonchev–Trinajstić information content (AvgIpc) is 3.99. The third-order valence-corrected chi connectivity index (χ3v) is 15.5. The maximum absolute atomic E-state index is 15.2. The first-order chi connectivity index (χ1) is 36.3. The first kappa shape index (κ1) is 56.9. The highest BCUT2D eigenvalue weighted by molar-refractivity contribution is 7.98. The van der Waals surface area contributed by atoms with Crippen molar-refractivity contribution in [2.24, 2.45) is 23.7 Å². The normalized spacial score (nSPS) is 17.3. The second-order valence-electron chi connectivity index (χ2n) is 20.3. The molecule has 0 aromatic heterocycles. The van der Waals surface area contributed by atoms with E-state index in [1.165, 1.54) is 48.3 Å². The number of hydrogen-bond donors (Lipinski definition) is 1. The lowest BCUT2D eigenvalue weighted by atomic mass is 9.85. The fraction of sp³-hybridized carbons (Fsp3) is 0.344. The van der Waals surface area contributed by atoms with Crippen molar-refractivity contribution in [3.05, 3.63) is 179 Å². The third-order valence-electron chi connectivity index (χ3n) is 14.0. The highest BCUT2D eigenvalue weighted by Gasteiger charge is 2.39. The molecule has 0 saturated carbocycles. The Morgan fingerprint density at radius 1 is 0.513 bits per heavy atom. The Labute approximate surface area is 453 Å². The van der Waals surface area contributed by atoms with E-state index >= 15 is 8.78 Å². The number of halogens is 2. The number of nitrogens with zero attached hydrogens (tertiary/aromatic N) is 2. The zero-order valence-corrected chi connectivity index (χ0v) is 45.6. The van der Waals surface area contributed by atoms with Gasteiger partial charge >= 0.3 is 18.2 Å². The number of Topliss-reactive ketones (excluding diaryl/α,β-unsaturated/α-hetero) is 1. The second kappa shape index (κ2) is 25.8. The Hall–Kier alpha value is -6.84. The number of carbonyl (C=O) groups excluding carboxylic acids is 3. The molecule has 1 N–H and O–H groups in total. The van der Waals surface area contributed by atoms with Gasteiger partial charge in [-0.3, -0.25) is 4.79 Å². The molecular weight excluding hydrogens is 1010 g/mol. The molecule has 6 aromatic rings. The van der Waals surface area contributed by atoms with Crippen molar-refractivity contribution in [2.45, 2.75) is 81.3 Å². The molecule has 400 valence electrons. The molecule has 15 heteroatoms. The van der Waals surface area contributed by atoms with Crippen LogP contribution in [0.15, 0.2) is 155 Å². The summed E-state index contributed by atoms with van der Waals surface area (Å²) in [6.07, 6.45) is 5.71. The van der Waals surface area contributed by atoms with Crippen LogP contribution in [-0.4, -0.2) is 88.7 Å². The van der Waals surface area contributed by atoms with Gasteiger partial charge in [-0.25, -0.2) is 23.2 Å². The van der Waals surface area contributed by atoms with Crippen LogP contribution in [0, 0.1) is 35.3 Å². The van der Waals surface area contributed by atoms with E-state index < -0.39 is 35.2 Å². The summed E-state index contributed by atoms with van der Waals surface area (Å²) in [5.41, 5.74) is 0.898. The highest BCUT2D eigenvalue weighted by Crippen LogP contribution is 2.35. The Bertz CT molecular complexity index is 2730. The Morgan fingerprint density at radius 3 is 1.20 bits per heavy atom. The van der Waals surface area contributed by atoms with Crippen LogP contribution in [0.2, 0.25) is 0 Å². The van der Waals surface area contributed by atoms with E-state index in [1.807, 2.05) is 48.9 Å². The van der Waals surface area contributed by atoms with Crippen molar-refractivity contribution in [1.82, 2.24) is 9.80 Å². The molecular formula is C61H66F2N2O9S2. The van der Waals surface area contributed by atoms with Crippen LogP contribution in [0.5, 0.6) is 23.0 Å². The minimum absolute atomic E-state index is 0.00952. The summed E-state index contributed by atoms with van der Waals surface area (Å²) in [6.45, 7) is 9.59. The number of carboxylic acids is 1. The molecule has 6 aromatic carbocycles. The number of thioether (sulfide) groups is 2. The monoisotopic (exact) mass is 1070 g/mol. The third kappa shape index (κ3) is 15.6. The molecule has 8 rings (SSSR count). The minimum atomic E-state index is -1.48. The number of carbonyl (C=O) groups is 4. The predicted molar refractivity (Wildman–Crippen MR) is 294 cm³/mol. The number of para-hydroxylation sites is 2. The Kier molecular flexibility index (Phi) is 19.3. The van der Waals surface area contributed by atoms with Crippen molar-refractivity contribution in [3.63, 3.8) is 0 Å². The summed E-state index contributed by atoms with van der Waals surface area (Å²) in [4.78, 5) is 54.9. The van der Waals surface area contributed by atoms with Gasteiger partial charge in [-0.2, -0.15) is 0 Å². The average molecular weight is 1070 g/mol. The number of aliphatic carboxylic acids is 1. The summed E-state index contributed by atoms with van der Waals surface area (Å²) in [7, 11) is 0. The van der Waals surface area contributed by atoms with Gasteiger partial charge in [0.1, 0.15) is 34.6 Å². The lowest BCUT2D eigenvalue weighted by Gasteiger charge is -2.24. The quantitative estimate of drug-likeness (QED) is 0.0825. The van der Waals surface area contributed by atoms with E-state index in [-0.39, 0.29) is 41.0 Å². The zero-order chi connectivity index (χ0) is 54.6. The van der Waals surface area contributed by atoms with Crippen molar-refractivity contribution in [1.29, 1.82) is 0 Å². The van der Waals surface area contributed by atoms with Crippen molar-refractivity contribution in [2.75, 3.05) is 38.7 Å². The van der Waals surface area contributed by atoms with E-state index in [1.54, 1.807) is 95.7 Å². The van der Waals surface area contributed by atoms with Gasteiger partial charge in [0.2, 0.25) is 0 Å². The predicted octanol–water partition coefficient (Wildman–Crippen LogP) is 13.1. The van der Waals surface area contributed by atoms with Crippen LogP contribution in [0.4, 0.5) is 18.4 Å². The van der Waals surface area contributed by atoms with Crippen LogP contribution in [-0.2, 0) is 35.3 Å². The summed E-state index contributed by atoms with van der Waals surface area (Å²) in [5.74, 6) is -0.342. The first-order valence-corrected chi connectivity index (χ1v) is 27.7.